The minimum atomic E-state index is -5.39. The molecule has 7 heavy (non-hydrogen) atoms. The molecule has 7 heteroatoms. The van der Waals surface area contributed by atoms with Gasteiger partial charge in [-0.15, -0.1) is 0 Å². The Labute approximate surface area is 113 Å². The molecular weight excluding hydrogens is 408 g/mol. The SMILES string of the molecule is O=P([O-])([O-])[O-].[Ce+3].[Yb+3]. The van der Waals surface area contributed by atoms with Crippen molar-refractivity contribution in [2.24, 2.45) is 0 Å². The van der Waals surface area contributed by atoms with E-state index in [1.54, 1.807) is 0 Å². The minimum Gasteiger partial charge on any atom is -0.822 e. The van der Waals surface area contributed by atoms with E-state index in [4.69, 9.17) is 19.2 Å². The molecule has 0 fully saturated rings. The van der Waals surface area contributed by atoms with Crippen molar-refractivity contribution in [3.05, 3.63) is 0 Å². The van der Waals surface area contributed by atoms with Crippen LogP contribution in [0.4, 0.5) is 0 Å². The van der Waals surface area contributed by atoms with Crippen molar-refractivity contribution < 1.29 is 108 Å². The van der Waals surface area contributed by atoms with Crippen LogP contribution in [0.5, 0.6) is 0 Å². The maximum Gasteiger partial charge on any atom is 3.00 e. The van der Waals surface area contributed by atoms with Crippen molar-refractivity contribution in [2.75, 3.05) is 0 Å². The molecule has 0 saturated carbocycles. The maximum absolute atomic E-state index is 8.55. The molecule has 0 spiro atoms. The molecule has 0 aromatic rings. The first-order valence-corrected chi connectivity index (χ1v) is 2.19. The molecule has 0 aromatic heterocycles. The molecule has 0 bridgehead atoms. The number of rotatable bonds is 0. The first-order chi connectivity index (χ1) is 2.00. The molecule has 0 amide bonds. The predicted octanol–water partition coefficient (Wildman–Crippen LogP) is -2.82. The summed E-state index contributed by atoms with van der Waals surface area (Å²) in [5, 5.41) is 0. The van der Waals surface area contributed by atoms with Crippen LogP contribution in [-0.2, 0) is 4.57 Å². The van der Waals surface area contributed by atoms with E-state index >= 15 is 0 Å². The van der Waals surface area contributed by atoms with E-state index in [0.717, 1.165) is 0 Å². The summed E-state index contributed by atoms with van der Waals surface area (Å²) in [6, 6.07) is 0. The standard InChI is InChI=1S/Ce.H3O4P.Yb/c;1-5(2,3)4;/h;(H3,1,2,3,4);/q+3;;+3/p-3. The number of hydrogen-bond acceptors (Lipinski definition) is 4. The van der Waals surface area contributed by atoms with Crippen molar-refractivity contribution in [3.63, 3.8) is 0 Å². The van der Waals surface area contributed by atoms with Crippen molar-refractivity contribution >= 4 is 7.82 Å². The van der Waals surface area contributed by atoms with Gasteiger partial charge in [-0.2, -0.15) is 7.82 Å². The Morgan fingerprint density at radius 3 is 1.14 bits per heavy atom. The van der Waals surface area contributed by atoms with E-state index in [-0.39, 0.29) is 88.7 Å². The van der Waals surface area contributed by atoms with Crippen LogP contribution in [0.2, 0.25) is 0 Å². The summed E-state index contributed by atoms with van der Waals surface area (Å²) in [6.07, 6.45) is 0. The van der Waals surface area contributed by atoms with Crippen LogP contribution in [0.3, 0.4) is 0 Å². The van der Waals surface area contributed by atoms with Crippen LogP contribution < -0.4 is 14.7 Å². The molecular formula is CeO4PYb+3. The van der Waals surface area contributed by atoms with Gasteiger partial charge in [0.05, 0.1) is 0 Å². The summed E-state index contributed by atoms with van der Waals surface area (Å²) in [5.74, 6) is 0. The normalized spacial score (nSPS) is 8.43. The van der Waals surface area contributed by atoms with Crippen LogP contribution in [0, 0.1) is 88.7 Å². The molecule has 0 heterocycles. The molecule has 4 nitrogen and oxygen atoms in total. The largest absolute Gasteiger partial charge is 3.00 e. The number of hydrogen-bond donors (Lipinski definition) is 0. The maximum atomic E-state index is 8.55. The van der Waals surface area contributed by atoms with Crippen LogP contribution in [-0.4, -0.2) is 0 Å². The fourth-order valence-electron chi connectivity index (χ4n) is 0. The second-order valence-corrected chi connectivity index (χ2v) is 1.34. The Morgan fingerprint density at radius 1 is 1.14 bits per heavy atom. The van der Waals surface area contributed by atoms with Gasteiger partial charge in [-0.1, -0.05) is 0 Å². The Balaban J connectivity index is -0.0000000800. The second-order valence-electron chi connectivity index (χ2n) is 0.447. The Hall–Kier alpha value is 3.01. The zero-order valence-corrected chi connectivity index (χ0v) is 8.60. The van der Waals surface area contributed by atoms with Gasteiger partial charge < -0.3 is 19.2 Å². The van der Waals surface area contributed by atoms with E-state index in [1.807, 2.05) is 0 Å². The minimum absolute atomic E-state index is 0. The van der Waals surface area contributed by atoms with Gasteiger partial charge in [0.1, 0.15) is 0 Å². The molecule has 0 aromatic carbocycles. The molecule has 0 atom stereocenters. The van der Waals surface area contributed by atoms with Crippen molar-refractivity contribution in [1.82, 2.24) is 0 Å². The van der Waals surface area contributed by atoms with Crippen LogP contribution >= 0.6 is 7.82 Å². The molecule has 0 aliphatic rings. The summed E-state index contributed by atoms with van der Waals surface area (Å²) in [5.41, 5.74) is 0. The fourth-order valence-corrected chi connectivity index (χ4v) is 0. The van der Waals surface area contributed by atoms with E-state index < -0.39 is 7.82 Å². The fraction of sp³-hybridized carbons (Fsp3) is 0. The van der Waals surface area contributed by atoms with E-state index in [9.17, 15) is 0 Å². The Kier molecular flexibility index (Phi) is 16.8. The van der Waals surface area contributed by atoms with Crippen molar-refractivity contribution in [3.8, 4) is 0 Å². The molecule has 2 radical (unpaired) electrons. The monoisotopic (exact) mass is 409 g/mol. The Bertz CT molecular complexity index is 57.8. The van der Waals surface area contributed by atoms with E-state index in [2.05, 4.69) is 0 Å². The summed E-state index contributed by atoms with van der Waals surface area (Å²) in [4.78, 5) is 25.6. The van der Waals surface area contributed by atoms with Crippen molar-refractivity contribution in [2.45, 2.75) is 0 Å². The van der Waals surface area contributed by atoms with Gasteiger partial charge >= 0.3 is 88.7 Å². The summed E-state index contributed by atoms with van der Waals surface area (Å²) in [6.45, 7) is 0. The first kappa shape index (κ1) is 16.5. The average molecular weight is 408 g/mol. The zero-order chi connectivity index (χ0) is 4.50. The summed E-state index contributed by atoms with van der Waals surface area (Å²) >= 11 is 0. The molecule has 0 aliphatic carbocycles. The van der Waals surface area contributed by atoms with Gasteiger partial charge in [-0.3, -0.25) is 0 Å². The summed E-state index contributed by atoms with van der Waals surface area (Å²) < 4.78 is 8.55. The van der Waals surface area contributed by atoms with Gasteiger partial charge in [-0.25, -0.2) is 0 Å². The van der Waals surface area contributed by atoms with Gasteiger partial charge in [0.2, 0.25) is 0 Å². The molecule has 0 rings (SSSR count). The van der Waals surface area contributed by atoms with Crippen molar-refractivity contribution in [1.29, 1.82) is 0 Å². The van der Waals surface area contributed by atoms with Crippen LogP contribution in [0.15, 0.2) is 0 Å². The topological polar surface area (TPSA) is 86.2 Å². The smallest absolute Gasteiger partial charge is 0.822 e. The van der Waals surface area contributed by atoms with E-state index in [0.29, 0.717) is 0 Å². The molecule has 0 saturated heterocycles. The molecule has 44 valence electrons. The molecule has 0 aliphatic heterocycles. The zero-order valence-electron chi connectivity index (χ0n) is 2.85. The quantitative estimate of drug-likeness (QED) is 0.405. The molecule has 0 N–H and O–H groups in total. The van der Waals surface area contributed by atoms with E-state index in [1.165, 1.54) is 0 Å². The number of phosphoric acid groups is 1. The third-order valence-electron chi connectivity index (χ3n) is 0. The molecule has 0 unspecified atom stereocenters. The van der Waals surface area contributed by atoms with Gasteiger partial charge in [0, 0.05) is 0 Å². The third-order valence-corrected chi connectivity index (χ3v) is 0. The third kappa shape index (κ3) is 48.9. The van der Waals surface area contributed by atoms with Gasteiger partial charge in [0.25, 0.3) is 0 Å². The van der Waals surface area contributed by atoms with Gasteiger partial charge in [0.15, 0.2) is 0 Å². The van der Waals surface area contributed by atoms with Crippen LogP contribution in [0.25, 0.3) is 0 Å². The second kappa shape index (κ2) is 7.12. The van der Waals surface area contributed by atoms with Crippen LogP contribution in [0.1, 0.15) is 0 Å². The predicted molar refractivity (Wildman–Crippen MR) is 7.61 cm³/mol. The van der Waals surface area contributed by atoms with Gasteiger partial charge in [-0.05, 0) is 0 Å². The summed E-state index contributed by atoms with van der Waals surface area (Å²) in [7, 11) is -5.39. The average Bonchev–Trinajstić information content (AvgIpc) is 0.722. The Morgan fingerprint density at radius 2 is 1.14 bits per heavy atom. The first-order valence-electron chi connectivity index (χ1n) is 0.730.